The van der Waals surface area contributed by atoms with E-state index in [0.29, 0.717) is 29.7 Å². The van der Waals surface area contributed by atoms with Gasteiger partial charge in [-0.25, -0.2) is 14.8 Å². The van der Waals surface area contributed by atoms with Gasteiger partial charge < -0.3 is 14.9 Å². The predicted molar refractivity (Wildman–Crippen MR) is 128 cm³/mol. The summed E-state index contributed by atoms with van der Waals surface area (Å²) < 4.78 is 6.27. The van der Waals surface area contributed by atoms with Crippen LogP contribution in [0.2, 0.25) is 0 Å². The van der Waals surface area contributed by atoms with Crippen LogP contribution >= 0.6 is 0 Å². The molecule has 9 heteroatoms. The highest BCUT2D eigenvalue weighted by Crippen LogP contribution is 2.26. The molecule has 4 rings (SSSR count). The second-order valence-electron chi connectivity index (χ2n) is 7.52. The number of pyridine rings is 2. The quantitative estimate of drug-likeness (QED) is 0.381. The Hall–Kier alpha value is -4.27. The molecule has 0 spiro atoms. The Bertz CT molecular complexity index is 1340. The van der Waals surface area contributed by atoms with E-state index < -0.39 is 11.5 Å². The number of benzene rings is 1. The summed E-state index contributed by atoms with van der Waals surface area (Å²) in [5.41, 5.74) is 2.28. The lowest BCUT2D eigenvalue weighted by atomic mass is 10.1. The molecule has 0 aliphatic heterocycles. The number of ether oxygens (including phenoxy) is 1. The number of carbonyl (C=O) groups is 1. The maximum atomic E-state index is 13.5. The Kier molecular flexibility index (Phi) is 7.12. The van der Waals surface area contributed by atoms with Crippen molar-refractivity contribution in [2.24, 2.45) is 0 Å². The van der Waals surface area contributed by atoms with Gasteiger partial charge in [-0.15, -0.1) is 4.73 Å². The van der Waals surface area contributed by atoms with Crippen LogP contribution in [-0.2, 0) is 17.8 Å². The fraction of sp³-hybridized carbons (Fsp3) is 0.240. The van der Waals surface area contributed by atoms with E-state index in [-0.39, 0.29) is 24.4 Å². The SMILES string of the molecule is CCOC(=O)c1c(NCCc2cccnc2)c2c(C)ncnc2n(OCc2ccccc2)c1=O. The Balaban J connectivity index is 1.79. The molecular formula is C25H25N5O4. The largest absolute Gasteiger partial charge is 0.462 e. The van der Waals surface area contributed by atoms with Gasteiger partial charge in [0.25, 0.3) is 0 Å². The molecule has 1 aromatic carbocycles. The van der Waals surface area contributed by atoms with E-state index >= 15 is 0 Å². The van der Waals surface area contributed by atoms with E-state index in [9.17, 15) is 9.59 Å². The minimum atomic E-state index is -0.737. The Morgan fingerprint density at radius 3 is 2.62 bits per heavy atom. The summed E-state index contributed by atoms with van der Waals surface area (Å²) in [5, 5.41) is 3.77. The minimum Gasteiger partial charge on any atom is -0.462 e. The normalized spacial score (nSPS) is 10.8. The summed E-state index contributed by atoms with van der Waals surface area (Å²) in [6.07, 6.45) is 5.48. The van der Waals surface area contributed by atoms with E-state index in [0.717, 1.165) is 15.9 Å². The minimum absolute atomic E-state index is 0.120. The van der Waals surface area contributed by atoms with E-state index in [1.807, 2.05) is 42.5 Å². The molecule has 0 unspecified atom stereocenters. The van der Waals surface area contributed by atoms with Crippen molar-refractivity contribution in [2.75, 3.05) is 18.5 Å². The van der Waals surface area contributed by atoms with Crippen molar-refractivity contribution in [1.82, 2.24) is 19.7 Å². The topological polar surface area (TPSA) is 108 Å². The van der Waals surface area contributed by atoms with Crippen molar-refractivity contribution in [1.29, 1.82) is 0 Å². The van der Waals surface area contributed by atoms with E-state index in [2.05, 4.69) is 20.3 Å². The van der Waals surface area contributed by atoms with Crippen LogP contribution in [0, 0.1) is 6.92 Å². The van der Waals surface area contributed by atoms with Gasteiger partial charge in [0.05, 0.1) is 23.4 Å². The van der Waals surface area contributed by atoms with Gasteiger partial charge in [-0.1, -0.05) is 36.4 Å². The molecule has 0 bridgehead atoms. The van der Waals surface area contributed by atoms with Crippen molar-refractivity contribution < 1.29 is 14.4 Å². The number of aryl methyl sites for hydroxylation is 1. The molecule has 174 valence electrons. The highest BCUT2D eigenvalue weighted by atomic mass is 16.7. The van der Waals surface area contributed by atoms with Crippen LogP contribution in [-0.4, -0.2) is 38.8 Å². The molecule has 0 aliphatic rings. The molecule has 4 aromatic rings. The lowest BCUT2D eigenvalue weighted by Crippen LogP contribution is -2.34. The summed E-state index contributed by atoms with van der Waals surface area (Å²) in [7, 11) is 0. The molecule has 0 aliphatic carbocycles. The van der Waals surface area contributed by atoms with Crippen LogP contribution in [0.15, 0.2) is 66.0 Å². The van der Waals surface area contributed by atoms with Crippen LogP contribution < -0.4 is 15.7 Å². The van der Waals surface area contributed by atoms with Gasteiger partial charge in [-0.05, 0) is 37.5 Å². The first-order chi connectivity index (χ1) is 16.6. The first kappa shape index (κ1) is 22.9. The van der Waals surface area contributed by atoms with E-state index in [4.69, 9.17) is 9.57 Å². The Morgan fingerprint density at radius 1 is 1.09 bits per heavy atom. The molecule has 9 nitrogen and oxygen atoms in total. The van der Waals surface area contributed by atoms with Crippen LogP contribution in [0.5, 0.6) is 0 Å². The van der Waals surface area contributed by atoms with E-state index in [1.165, 1.54) is 6.33 Å². The molecule has 0 atom stereocenters. The molecule has 0 fully saturated rings. The number of nitrogens with one attached hydrogen (secondary N) is 1. The summed E-state index contributed by atoms with van der Waals surface area (Å²) in [4.78, 5) is 45.0. The van der Waals surface area contributed by atoms with Gasteiger partial charge in [-0.2, -0.15) is 0 Å². The van der Waals surface area contributed by atoms with Crippen LogP contribution in [0.1, 0.15) is 34.1 Å². The standard InChI is InChI=1S/C25H25N5O4/c1-3-33-25(32)21-22(27-13-11-18-10-7-12-26-14-18)20-17(2)28-16-29-23(20)30(24(21)31)34-15-19-8-5-4-6-9-19/h4-10,12,14,16,27H,3,11,13,15H2,1-2H3. The molecule has 3 aromatic heterocycles. The zero-order valence-electron chi connectivity index (χ0n) is 19.0. The molecule has 1 N–H and O–H groups in total. The average Bonchev–Trinajstić information content (AvgIpc) is 2.85. The molecule has 3 heterocycles. The maximum absolute atomic E-state index is 13.5. The third kappa shape index (κ3) is 4.88. The lowest BCUT2D eigenvalue weighted by molar-refractivity contribution is 0.0513. The second-order valence-corrected chi connectivity index (χ2v) is 7.52. The van der Waals surface area contributed by atoms with Crippen molar-refractivity contribution in [3.63, 3.8) is 0 Å². The van der Waals surface area contributed by atoms with Gasteiger partial charge in [-0.3, -0.25) is 9.78 Å². The smallest absolute Gasteiger partial charge is 0.346 e. The first-order valence-electron chi connectivity index (χ1n) is 11.0. The van der Waals surface area contributed by atoms with Crippen LogP contribution in [0.4, 0.5) is 5.69 Å². The number of carbonyl (C=O) groups excluding carboxylic acids is 1. The number of hydrogen-bond donors (Lipinski definition) is 1. The third-order valence-electron chi connectivity index (χ3n) is 5.23. The molecule has 34 heavy (non-hydrogen) atoms. The van der Waals surface area contributed by atoms with Gasteiger partial charge in [0.1, 0.15) is 12.9 Å². The molecular weight excluding hydrogens is 434 g/mol. The number of rotatable bonds is 9. The zero-order valence-corrected chi connectivity index (χ0v) is 19.0. The highest BCUT2D eigenvalue weighted by molar-refractivity contribution is 6.04. The van der Waals surface area contributed by atoms with Gasteiger partial charge in [0.2, 0.25) is 0 Å². The third-order valence-corrected chi connectivity index (χ3v) is 5.23. The fourth-order valence-corrected chi connectivity index (χ4v) is 3.62. The van der Waals surface area contributed by atoms with Crippen molar-refractivity contribution in [3.8, 4) is 0 Å². The molecule has 0 saturated carbocycles. The zero-order chi connectivity index (χ0) is 23.9. The predicted octanol–water partition coefficient (Wildman–Crippen LogP) is 2.96. The fourth-order valence-electron chi connectivity index (χ4n) is 3.62. The van der Waals surface area contributed by atoms with Crippen molar-refractivity contribution in [2.45, 2.75) is 26.9 Å². The monoisotopic (exact) mass is 459 g/mol. The van der Waals surface area contributed by atoms with Crippen LogP contribution in [0.3, 0.4) is 0 Å². The number of hydrogen-bond acceptors (Lipinski definition) is 8. The maximum Gasteiger partial charge on any atom is 0.346 e. The first-order valence-corrected chi connectivity index (χ1v) is 11.0. The summed E-state index contributed by atoms with van der Waals surface area (Å²) in [6, 6.07) is 13.2. The number of aromatic nitrogens is 4. The Labute approximate surface area is 196 Å². The number of fused-ring (bicyclic) bond motifs is 1. The molecule has 0 radical (unpaired) electrons. The van der Waals surface area contributed by atoms with Crippen molar-refractivity contribution in [3.05, 3.63) is 93.9 Å². The summed E-state index contributed by atoms with van der Waals surface area (Å²) >= 11 is 0. The molecule has 0 amide bonds. The van der Waals surface area contributed by atoms with E-state index in [1.54, 1.807) is 26.2 Å². The summed E-state index contributed by atoms with van der Waals surface area (Å²) in [6.45, 7) is 4.18. The average molecular weight is 460 g/mol. The number of anilines is 1. The number of nitrogens with zero attached hydrogens (tertiary/aromatic N) is 4. The van der Waals surface area contributed by atoms with Gasteiger partial charge in [0, 0.05) is 18.9 Å². The molecule has 0 saturated heterocycles. The van der Waals surface area contributed by atoms with Crippen molar-refractivity contribution >= 4 is 22.7 Å². The highest BCUT2D eigenvalue weighted by Gasteiger charge is 2.26. The van der Waals surface area contributed by atoms with Crippen LogP contribution in [0.25, 0.3) is 11.0 Å². The van der Waals surface area contributed by atoms with Gasteiger partial charge >= 0.3 is 11.5 Å². The Morgan fingerprint density at radius 2 is 1.88 bits per heavy atom. The van der Waals surface area contributed by atoms with Gasteiger partial charge in [0.15, 0.2) is 11.2 Å². The second kappa shape index (κ2) is 10.6. The summed E-state index contributed by atoms with van der Waals surface area (Å²) in [5.74, 6) is -0.737. The number of esters is 1. The lowest BCUT2D eigenvalue weighted by Gasteiger charge is -2.18.